The lowest BCUT2D eigenvalue weighted by Crippen LogP contribution is -2.65. The van der Waals surface area contributed by atoms with Crippen molar-refractivity contribution in [3.8, 4) is 0 Å². The SMILES string of the molecule is CCC1O[C@H](OC2O[C@H]3CC(C)[C@@H](O[C@H]4CC[C@H](NC(=O)OCc5ccccc5)CC4NC(=O)OCc4ccccc4)OC3C3OC(=O)N(C)C23)C(C)C[C@@H]1C. The van der Waals surface area contributed by atoms with Crippen LogP contribution in [0.3, 0.4) is 0 Å². The van der Waals surface area contributed by atoms with Crippen LogP contribution < -0.4 is 10.6 Å². The molecule has 3 amide bonds. The van der Waals surface area contributed by atoms with Crippen molar-refractivity contribution >= 4 is 18.3 Å². The van der Waals surface area contributed by atoms with E-state index < -0.39 is 73.6 Å². The standard InChI is InChI=1S/C42H57N3O11/c1-6-31-24(2)19-25(3)38(51-31)56-39-34-36(55-42(48)45(34)5)35-33(53-39)20-26(4)37(54-35)52-32-18-17-29(43-40(46)49-22-27-13-9-7-10-14-27)21-30(32)44-41(47)50-23-28-15-11-8-12-16-28/h7-16,24-26,29-39H,6,17-23H2,1-5H3,(H,43,46)(H,44,47)/t24-,25?,26?,29-,30?,31?,32-,33-,34?,35?,36?,37-,38+,39?/m0/s1. The molecule has 2 aromatic rings. The highest BCUT2D eigenvalue weighted by molar-refractivity contribution is 5.71. The minimum Gasteiger partial charge on any atom is -0.445 e. The molecule has 0 aromatic heterocycles. The van der Waals surface area contributed by atoms with Crippen LogP contribution in [-0.4, -0.2) is 97.7 Å². The van der Waals surface area contributed by atoms with E-state index in [2.05, 4.69) is 31.4 Å². The fraction of sp³-hybridized carbons (Fsp3) is 0.643. The summed E-state index contributed by atoms with van der Waals surface area (Å²) in [6.45, 7) is 8.73. The number of ether oxygens (including phenoxy) is 8. The largest absolute Gasteiger partial charge is 0.445 e. The zero-order valence-electron chi connectivity index (χ0n) is 33.0. The van der Waals surface area contributed by atoms with Crippen molar-refractivity contribution in [1.29, 1.82) is 0 Å². The van der Waals surface area contributed by atoms with Crippen LogP contribution in [0.2, 0.25) is 0 Å². The molecule has 0 bridgehead atoms. The summed E-state index contributed by atoms with van der Waals surface area (Å²) >= 11 is 0. The predicted molar refractivity (Wildman–Crippen MR) is 202 cm³/mol. The second kappa shape index (κ2) is 18.1. The Kier molecular flexibility index (Phi) is 13.0. The van der Waals surface area contributed by atoms with Crippen molar-refractivity contribution in [2.75, 3.05) is 7.05 Å². The maximum Gasteiger partial charge on any atom is 0.410 e. The molecule has 4 aliphatic heterocycles. The number of carbonyl (C=O) groups is 3. The van der Waals surface area contributed by atoms with Gasteiger partial charge < -0.3 is 48.5 Å². The highest BCUT2D eigenvalue weighted by Crippen LogP contribution is 2.43. The average Bonchev–Trinajstić information content (AvgIpc) is 3.50. The zero-order valence-corrected chi connectivity index (χ0v) is 33.0. The van der Waals surface area contributed by atoms with Crippen LogP contribution in [0.15, 0.2) is 60.7 Å². The molecule has 7 rings (SSSR count). The zero-order chi connectivity index (χ0) is 39.3. The summed E-state index contributed by atoms with van der Waals surface area (Å²) in [4.78, 5) is 40.5. The average molecular weight is 780 g/mol. The molecule has 14 nitrogen and oxygen atoms in total. The van der Waals surface area contributed by atoms with Gasteiger partial charge in [0, 0.05) is 24.9 Å². The minimum absolute atomic E-state index is 0.0850. The Bertz CT molecular complexity index is 1620. The molecule has 1 aliphatic carbocycles. The van der Waals surface area contributed by atoms with Gasteiger partial charge in [0.05, 0.1) is 24.4 Å². The van der Waals surface area contributed by atoms with Crippen molar-refractivity contribution in [3.63, 3.8) is 0 Å². The third kappa shape index (κ3) is 9.42. The third-order valence-electron chi connectivity index (χ3n) is 11.9. The molecule has 0 spiro atoms. The summed E-state index contributed by atoms with van der Waals surface area (Å²) in [7, 11) is 1.69. The van der Waals surface area contributed by atoms with Crippen molar-refractivity contribution in [2.45, 2.75) is 147 Å². The smallest absolute Gasteiger partial charge is 0.410 e. The molecule has 4 heterocycles. The number of hydrogen-bond donors (Lipinski definition) is 2. The first kappa shape index (κ1) is 40.3. The number of carbonyl (C=O) groups excluding carboxylic acids is 3. The molecule has 8 unspecified atom stereocenters. The van der Waals surface area contributed by atoms with E-state index in [1.807, 2.05) is 67.6 Å². The molecule has 2 N–H and O–H groups in total. The van der Waals surface area contributed by atoms with Gasteiger partial charge in [-0.15, -0.1) is 0 Å². The number of amides is 3. The van der Waals surface area contributed by atoms with E-state index in [-0.39, 0.29) is 37.2 Å². The van der Waals surface area contributed by atoms with Crippen molar-refractivity contribution in [2.24, 2.45) is 17.8 Å². The highest BCUT2D eigenvalue weighted by Gasteiger charge is 2.59. The summed E-state index contributed by atoms with van der Waals surface area (Å²) in [6.07, 6.45) is -1.68. The topological polar surface area (TPSA) is 152 Å². The molecule has 14 atom stereocenters. The lowest BCUT2D eigenvalue weighted by Gasteiger charge is -2.50. The molecule has 5 aliphatic rings. The number of nitrogens with one attached hydrogen (secondary N) is 2. The Morgan fingerprint density at radius 1 is 0.732 bits per heavy atom. The maximum atomic E-state index is 13.2. The van der Waals surface area contributed by atoms with Gasteiger partial charge in [0.2, 0.25) is 0 Å². The van der Waals surface area contributed by atoms with Gasteiger partial charge in [-0.1, -0.05) is 88.4 Å². The fourth-order valence-electron chi connectivity index (χ4n) is 8.85. The second-order valence-corrected chi connectivity index (χ2v) is 16.2. The van der Waals surface area contributed by atoms with Gasteiger partial charge in [-0.25, -0.2) is 14.4 Å². The number of alkyl carbamates (subject to hydrolysis) is 2. The molecule has 306 valence electrons. The van der Waals surface area contributed by atoms with Gasteiger partial charge in [-0.2, -0.15) is 0 Å². The van der Waals surface area contributed by atoms with Crippen LogP contribution in [0.5, 0.6) is 0 Å². The molecule has 14 heteroatoms. The molecular formula is C42H57N3O11. The van der Waals surface area contributed by atoms with E-state index >= 15 is 0 Å². The van der Waals surface area contributed by atoms with Crippen molar-refractivity contribution in [1.82, 2.24) is 15.5 Å². The third-order valence-corrected chi connectivity index (χ3v) is 11.9. The predicted octanol–water partition coefficient (Wildman–Crippen LogP) is 6.25. The Hall–Kier alpha value is -3.95. The highest BCUT2D eigenvalue weighted by atomic mass is 16.8. The summed E-state index contributed by atoms with van der Waals surface area (Å²) in [5.41, 5.74) is 1.74. The Labute approximate surface area is 329 Å². The summed E-state index contributed by atoms with van der Waals surface area (Å²) in [5.74, 6) is 0.455. The number of nitrogens with zero attached hydrogens (tertiary/aromatic N) is 1. The van der Waals surface area contributed by atoms with Crippen molar-refractivity contribution < 1.29 is 52.3 Å². The quantitative estimate of drug-likeness (QED) is 0.249. The van der Waals surface area contributed by atoms with Crippen LogP contribution in [0, 0.1) is 17.8 Å². The van der Waals surface area contributed by atoms with Crippen LogP contribution >= 0.6 is 0 Å². The lowest BCUT2D eigenvalue weighted by atomic mass is 9.86. The van der Waals surface area contributed by atoms with Gasteiger partial charge in [0.1, 0.15) is 25.4 Å². The summed E-state index contributed by atoms with van der Waals surface area (Å²) in [6, 6.07) is 17.6. The van der Waals surface area contributed by atoms with E-state index in [9.17, 15) is 14.4 Å². The van der Waals surface area contributed by atoms with Crippen LogP contribution in [0.25, 0.3) is 0 Å². The van der Waals surface area contributed by atoms with E-state index in [1.165, 1.54) is 4.90 Å². The fourth-order valence-corrected chi connectivity index (χ4v) is 8.85. The number of likely N-dealkylation sites (N-methyl/N-ethyl adjacent to an activating group) is 1. The minimum atomic E-state index is -0.762. The second-order valence-electron chi connectivity index (χ2n) is 16.2. The Balaban J connectivity index is 1.01. The number of fused-ring (bicyclic) bond motifs is 3. The van der Waals surface area contributed by atoms with Crippen LogP contribution in [0.1, 0.15) is 77.3 Å². The monoisotopic (exact) mass is 779 g/mol. The van der Waals surface area contributed by atoms with Gasteiger partial charge in [0.15, 0.2) is 25.0 Å². The number of hydrogen-bond acceptors (Lipinski definition) is 11. The van der Waals surface area contributed by atoms with E-state index in [1.54, 1.807) is 7.05 Å². The lowest BCUT2D eigenvalue weighted by molar-refractivity contribution is -0.365. The van der Waals surface area contributed by atoms with Gasteiger partial charge in [-0.05, 0) is 55.6 Å². The molecule has 4 saturated heterocycles. The van der Waals surface area contributed by atoms with Gasteiger partial charge in [-0.3, -0.25) is 4.90 Å². The van der Waals surface area contributed by atoms with E-state index in [4.69, 9.17) is 37.9 Å². The maximum absolute atomic E-state index is 13.2. The summed E-state index contributed by atoms with van der Waals surface area (Å²) in [5, 5.41) is 5.97. The molecule has 0 radical (unpaired) electrons. The first-order chi connectivity index (χ1) is 27.1. The summed E-state index contributed by atoms with van der Waals surface area (Å²) < 4.78 is 50.0. The van der Waals surface area contributed by atoms with Gasteiger partial charge in [0.25, 0.3) is 0 Å². The first-order valence-corrected chi connectivity index (χ1v) is 20.2. The normalized spacial score (nSPS) is 36.7. The van der Waals surface area contributed by atoms with Crippen LogP contribution in [0.4, 0.5) is 14.4 Å². The van der Waals surface area contributed by atoms with Gasteiger partial charge >= 0.3 is 18.3 Å². The molecule has 2 aromatic carbocycles. The Morgan fingerprint density at radius 2 is 1.36 bits per heavy atom. The number of benzene rings is 2. The number of rotatable bonds is 11. The molecule has 1 saturated carbocycles. The molecule has 5 fully saturated rings. The van der Waals surface area contributed by atoms with E-state index in [0.717, 1.165) is 24.0 Å². The first-order valence-electron chi connectivity index (χ1n) is 20.2. The van der Waals surface area contributed by atoms with Crippen molar-refractivity contribution in [3.05, 3.63) is 71.8 Å². The molecule has 56 heavy (non-hydrogen) atoms. The Morgan fingerprint density at radius 3 is 2.02 bits per heavy atom. The molecular weight excluding hydrogens is 722 g/mol. The van der Waals surface area contributed by atoms with E-state index in [0.29, 0.717) is 31.6 Å². The van der Waals surface area contributed by atoms with Crippen LogP contribution in [-0.2, 0) is 51.1 Å².